The number of rotatable bonds is 3. The van der Waals surface area contributed by atoms with Crippen LogP contribution >= 0.6 is 0 Å². The molecule has 0 aliphatic heterocycles. The lowest BCUT2D eigenvalue weighted by atomic mass is 10.2. The van der Waals surface area contributed by atoms with Crippen molar-refractivity contribution in [1.82, 2.24) is 0 Å². The average molecular weight is 187 g/mol. The summed E-state index contributed by atoms with van der Waals surface area (Å²) in [6.45, 7) is -0.513. The third-order valence-electron chi connectivity index (χ3n) is 1.46. The highest BCUT2D eigenvalue weighted by Gasteiger charge is 1.93. The molecule has 0 aliphatic carbocycles. The molecule has 1 aromatic carbocycles. The largest absolute Gasteiger partial charge is 0.772 e. The van der Waals surface area contributed by atoms with E-state index < -0.39 is 17.8 Å². The Balaban J connectivity index is 2.71. The second kappa shape index (κ2) is 4.33. The molecule has 4 heteroatoms. The minimum absolute atomic E-state index is 0.00738. The second-order valence-electron chi connectivity index (χ2n) is 2.40. The van der Waals surface area contributed by atoms with Crippen molar-refractivity contribution in [1.29, 1.82) is 0 Å². The smallest absolute Gasteiger partial charge is 0.115 e. The van der Waals surface area contributed by atoms with Crippen LogP contribution in [-0.2, 0) is 23.5 Å². The SMILES string of the molecule is O=S([O-])Cc1ccc(CF)cc1. The standard InChI is InChI=1S/C8H9FO2S/c9-5-7-1-3-8(4-2-7)6-12(10)11/h1-4H,5-6H2,(H,10,11)/p-1. The summed E-state index contributed by atoms with van der Waals surface area (Å²) >= 11 is -2.07. The van der Waals surface area contributed by atoms with Crippen molar-refractivity contribution in [2.45, 2.75) is 12.4 Å². The molecule has 1 atom stereocenters. The fraction of sp³-hybridized carbons (Fsp3) is 0.250. The van der Waals surface area contributed by atoms with Gasteiger partial charge in [-0.3, -0.25) is 4.21 Å². The monoisotopic (exact) mass is 187 g/mol. The first-order valence-corrected chi connectivity index (χ1v) is 4.66. The molecule has 1 rings (SSSR count). The van der Waals surface area contributed by atoms with E-state index in [1.807, 2.05) is 0 Å². The molecule has 0 saturated heterocycles. The van der Waals surface area contributed by atoms with E-state index in [-0.39, 0.29) is 5.75 Å². The van der Waals surface area contributed by atoms with Gasteiger partial charge in [-0.15, -0.1) is 0 Å². The summed E-state index contributed by atoms with van der Waals surface area (Å²) in [5, 5.41) is 0. The summed E-state index contributed by atoms with van der Waals surface area (Å²) in [6.07, 6.45) is 0. The van der Waals surface area contributed by atoms with Gasteiger partial charge in [0.2, 0.25) is 0 Å². The van der Waals surface area contributed by atoms with Crippen LogP contribution in [0.3, 0.4) is 0 Å². The van der Waals surface area contributed by atoms with Crippen LogP contribution in [0.5, 0.6) is 0 Å². The van der Waals surface area contributed by atoms with Gasteiger partial charge in [0.05, 0.1) is 0 Å². The molecular formula is C8H8FO2S-. The number of alkyl halides is 1. The molecule has 0 N–H and O–H groups in total. The van der Waals surface area contributed by atoms with E-state index in [1.54, 1.807) is 24.3 Å². The predicted molar refractivity (Wildman–Crippen MR) is 43.9 cm³/mol. The van der Waals surface area contributed by atoms with E-state index in [1.165, 1.54) is 0 Å². The van der Waals surface area contributed by atoms with E-state index >= 15 is 0 Å². The van der Waals surface area contributed by atoms with Gasteiger partial charge in [0.1, 0.15) is 6.67 Å². The summed E-state index contributed by atoms with van der Waals surface area (Å²) in [6, 6.07) is 6.40. The van der Waals surface area contributed by atoms with Crippen LogP contribution in [0, 0.1) is 0 Å². The van der Waals surface area contributed by atoms with Crippen molar-refractivity contribution in [3.05, 3.63) is 35.4 Å². The lowest BCUT2D eigenvalue weighted by molar-refractivity contribution is 0.485. The Morgan fingerprint density at radius 1 is 1.25 bits per heavy atom. The van der Waals surface area contributed by atoms with Crippen LogP contribution in [-0.4, -0.2) is 8.76 Å². The normalized spacial score (nSPS) is 12.8. The maximum atomic E-state index is 12.0. The molecular weight excluding hydrogens is 179 g/mol. The Hall–Kier alpha value is -0.740. The van der Waals surface area contributed by atoms with Crippen molar-refractivity contribution in [3.8, 4) is 0 Å². The minimum Gasteiger partial charge on any atom is -0.772 e. The lowest BCUT2D eigenvalue weighted by Crippen LogP contribution is -1.93. The van der Waals surface area contributed by atoms with Crippen LogP contribution in [0.25, 0.3) is 0 Å². The lowest BCUT2D eigenvalue weighted by Gasteiger charge is -2.04. The average Bonchev–Trinajstić information content (AvgIpc) is 2.05. The Kier molecular flexibility index (Phi) is 3.37. The first-order valence-electron chi connectivity index (χ1n) is 3.42. The third-order valence-corrected chi connectivity index (χ3v) is 2.03. The molecule has 0 heterocycles. The molecule has 1 aromatic rings. The number of benzene rings is 1. The van der Waals surface area contributed by atoms with Gasteiger partial charge in [-0.05, 0) is 11.1 Å². The Labute approximate surface area is 72.7 Å². The van der Waals surface area contributed by atoms with Crippen LogP contribution < -0.4 is 0 Å². The van der Waals surface area contributed by atoms with Gasteiger partial charge < -0.3 is 4.55 Å². The zero-order valence-corrected chi connectivity index (χ0v) is 7.14. The molecule has 0 saturated carbocycles. The van der Waals surface area contributed by atoms with Crippen molar-refractivity contribution < 1.29 is 13.2 Å². The Morgan fingerprint density at radius 3 is 2.17 bits per heavy atom. The van der Waals surface area contributed by atoms with Crippen LogP contribution in [0.2, 0.25) is 0 Å². The zero-order valence-electron chi connectivity index (χ0n) is 6.33. The molecule has 66 valence electrons. The van der Waals surface area contributed by atoms with Crippen LogP contribution in [0.1, 0.15) is 11.1 Å². The van der Waals surface area contributed by atoms with Crippen molar-refractivity contribution in [2.24, 2.45) is 0 Å². The molecule has 0 spiro atoms. The van der Waals surface area contributed by atoms with Gasteiger partial charge in [0.25, 0.3) is 0 Å². The molecule has 0 fully saturated rings. The summed E-state index contributed by atoms with van der Waals surface area (Å²) in [5.41, 5.74) is 1.25. The zero-order chi connectivity index (χ0) is 8.97. The summed E-state index contributed by atoms with van der Waals surface area (Å²) in [4.78, 5) is 0. The van der Waals surface area contributed by atoms with Gasteiger partial charge >= 0.3 is 0 Å². The number of hydrogen-bond acceptors (Lipinski definition) is 2. The summed E-state index contributed by atoms with van der Waals surface area (Å²) in [5.74, 6) is -0.00738. The van der Waals surface area contributed by atoms with Gasteiger partial charge in [0, 0.05) is 5.75 Å². The summed E-state index contributed by atoms with van der Waals surface area (Å²) in [7, 11) is 0. The van der Waals surface area contributed by atoms with E-state index in [9.17, 15) is 13.2 Å². The second-order valence-corrected chi connectivity index (χ2v) is 3.29. The quantitative estimate of drug-likeness (QED) is 0.673. The molecule has 0 amide bonds. The Morgan fingerprint density at radius 2 is 1.75 bits per heavy atom. The van der Waals surface area contributed by atoms with Crippen LogP contribution in [0.15, 0.2) is 24.3 Å². The maximum Gasteiger partial charge on any atom is 0.115 e. The summed E-state index contributed by atoms with van der Waals surface area (Å²) < 4.78 is 32.5. The fourth-order valence-electron chi connectivity index (χ4n) is 0.861. The highest BCUT2D eigenvalue weighted by molar-refractivity contribution is 7.78. The van der Waals surface area contributed by atoms with E-state index in [4.69, 9.17) is 0 Å². The predicted octanol–water partition coefficient (Wildman–Crippen LogP) is 1.54. The van der Waals surface area contributed by atoms with Gasteiger partial charge in [-0.25, -0.2) is 4.39 Å². The maximum absolute atomic E-state index is 12.0. The van der Waals surface area contributed by atoms with E-state index in [0.717, 1.165) is 0 Å². The Bertz CT molecular complexity index is 271. The topological polar surface area (TPSA) is 40.1 Å². The third kappa shape index (κ3) is 2.71. The minimum atomic E-state index is -2.07. The molecule has 2 nitrogen and oxygen atoms in total. The molecule has 0 bridgehead atoms. The fourth-order valence-corrected chi connectivity index (χ4v) is 1.33. The number of hydrogen-bond donors (Lipinski definition) is 0. The molecule has 12 heavy (non-hydrogen) atoms. The van der Waals surface area contributed by atoms with E-state index in [0.29, 0.717) is 11.1 Å². The highest BCUT2D eigenvalue weighted by atomic mass is 32.2. The number of halogens is 1. The van der Waals surface area contributed by atoms with Gasteiger partial charge in [0.15, 0.2) is 0 Å². The first kappa shape index (κ1) is 9.35. The van der Waals surface area contributed by atoms with Crippen molar-refractivity contribution >= 4 is 11.1 Å². The molecule has 0 aromatic heterocycles. The molecule has 1 unspecified atom stereocenters. The van der Waals surface area contributed by atoms with Gasteiger partial charge in [-0.1, -0.05) is 35.3 Å². The van der Waals surface area contributed by atoms with Crippen molar-refractivity contribution in [3.63, 3.8) is 0 Å². The van der Waals surface area contributed by atoms with E-state index in [2.05, 4.69) is 0 Å². The van der Waals surface area contributed by atoms with Crippen molar-refractivity contribution in [2.75, 3.05) is 0 Å². The van der Waals surface area contributed by atoms with Gasteiger partial charge in [-0.2, -0.15) is 0 Å². The first-order chi connectivity index (χ1) is 5.72. The van der Waals surface area contributed by atoms with Crippen LogP contribution in [0.4, 0.5) is 4.39 Å². The molecule has 0 radical (unpaired) electrons. The highest BCUT2D eigenvalue weighted by Crippen LogP contribution is 2.06. The molecule has 0 aliphatic rings.